The van der Waals surface area contributed by atoms with Crippen molar-refractivity contribution >= 4 is 5.69 Å². The highest BCUT2D eigenvalue weighted by atomic mass is 16.3. The number of aliphatic hydroxyl groups excluding tert-OH is 1. The zero-order valence-electron chi connectivity index (χ0n) is 9.20. The molecule has 0 amide bonds. The molecule has 0 fully saturated rings. The maximum absolute atomic E-state index is 9.74. The summed E-state index contributed by atoms with van der Waals surface area (Å²) in [5.74, 6) is 0. The van der Waals surface area contributed by atoms with Crippen LogP contribution in [0.3, 0.4) is 0 Å². The van der Waals surface area contributed by atoms with Crippen LogP contribution in [0.25, 0.3) is 0 Å². The molecule has 0 saturated heterocycles. The molecule has 1 aromatic rings. The van der Waals surface area contributed by atoms with Crippen LogP contribution in [0.2, 0.25) is 0 Å². The normalized spacial score (nSPS) is 12.6. The Hall–Kier alpha value is -1.02. The van der Waals surface area contributed by atoms with Crippen LogP contribution in [0.5, 0.6) is 0 Å². The van der Waals surface area contributed by atoms with Crippen molar-refractivity contribution in [2.24, 2.45) is 0 Å². The van der Waals surface area contributed by atoms with Gasteiger partial charge >= 0.3 is 0 Å². The predicted molar refractivity (Wildman–Crippen MR) is 60.6 cm³/mol. The van der Waals surface area contributed by atoms with Gasteiger partial charge < -0.3 is 10.0 Å². The minimum absolute atomic E-state index is 0.309. The molecular weight excluding hydrogens is 174 g/mol. The molecule has 0 unspecified atom stereocenters. The summed E-state index contributed by atoms with van der Waals surface area (Å²) in [6.45, 7) is 2.08. The molecule has 0 saturated carbocycles. The number of rotatable bonds is 4. The summed E-state index contributed by atoms with van der Waals surface area (Å²) in [6, 6.07) is 8.06. The van der Waals surface area contributed by atoms with E-state index >= 15 is 0 Å². The Balaban J connectivity index is 2.72. The third-order valence-corrected chi connectivity index (χ3v) is 2.36. The number of aliphatic hydroxyl groups is 1. The van der Waals surface area contributed by atoms with E-state index in [1.807, 2.05) is 38.4 Å². The van der Waals surface area contributed by atoms with E-state index in [2.05, 4.69) is 11.8 Å². The van der Waals surface area contributed by atoms with Gasteiger partial charge in [0.2, 0.25) is 0 Å². The van der Waals surface area contributed by atoms with E-state index in [-0.39, 0.29) is 6.10 Å². The number of hydrogen-bond acceptors (Lipinski definition) is 2. The molecule has 2 nitrogen and oxygen atoms in total. The van der Waals surface area contributed by atoms with Gasteiger partial charge in [-0.05, 0) is 24.1 Å². The average molecular weight is 193 g/mol. The summed E-state index contributed by atoms with van der Waals surface area (Å²) in [6.07, 6.45) is 1.54. The second kappa shape index (κ2) is 5.01. The highest BCUT2D eigenvalue weighted by molar-refractivity contribution is 5.46. The molecule has 0 aliphatic carbocycles. The molecule has 0 aliphatic heterocycles. The van der Waals surface area contributed by atoms with Gasteiger partial charge in [-0.3, -0.25) is 0 Å². The highest BCUT2D eigenvalue weighted by Gasteiger charge is 2.05. The summed E-state index contributed by atoms with van der Waals surface area (Å²) in [5.41, 5.74) is 2.18. The van der Waals surface area contributed by atoms with Crippen molar-refractivity contribution in [1.29, 1.82) is 0 Å². The number of hydrogen-bond donors (Lipinski definition) is 1. The Kier molecular flexibility index (Phi) is 3.96. The van der Waals surface area contributed by atoms with Gasteiger partial charge in [0.25, 0.3) is 0 Å². The minimum Gasteiger partial charge on any atom is -0.388 e. The summed E-state index contributed by atoms with van der Waals surface area (Å²) >= 11 is 0. The van der Waals surface area contributed by atoms with Gasteiger partial charge in [0.05, 0.1) is 6.10 Å². The molecule has 1 aromatic carbocycles. The molecule has 2 heteroatoms. The lowest BCUT2D eigenvalue weighted by molar-refractivity contribution is 0.166. The highest BCUT2D eigenvalue weighted by Crippen LogP contribution is 2.20. The first-order chi connectivity index (χ1) is 6.65. The van der Waals surface area contributed by atoms with Gasteiger partial charge in [-0.2, -0.15) is 0 Å². The molecule has 78 valence electrons. The van der Waals surface area contributed by atoms with Crippen molar-refractivity contribution in [3.05, 3.63) is 29.8 Å². The third-order valence-electron chi connectivity index (χ3n) is 2.36. The molecular formula is C12H19NO. The zero-order valence-corrected chi connectivity index (χ0v) is 9.20. The predicted octanol–water partition coefficient (Wildman–Crippen LogP) is 2.59. The maximum atomic E-state index is 9.74. The van der Waals surface area contributed by atoms with Gasteiger partial charge in [-0.25, -0.2) is 0 Å². The van der Waals surface area contributed by atoms with E-state index in [1.165, 1.54) is 0 Å². The molecule has 0 bridgehead atoms. The Morgan fingerprint density at radius 1 is 1.21 bits per heavy atom. The molecule has 0 spiro atoms. The van der Waals surface area contributed by atoms with E-state index in [0.717, 1.165) is 24.1 Å². The van der Waals surface area contributed by atoms with Gasteiger partial charge in [0, 0.05) is 19.8 Å². The van der Waals surface area contributed by atoms with Crippen molar-refractivity contribution in [1.82, 2.24) is 0 Å². The Labute approximate surface area is 86.2 Å². The fraction of sp³-hybridized carbons (Fsp3) is 0.500. The Bertz CT molecular complexity index is 266. The van der Waals surface area contributed by atoms with Gasteiger partial charge in [0.15, 0.2) is 0 Å². The average Bonchev–Trinajstić information content (AvgIpc) is 2.18. The lowest BCUT2D eigenvalue weighted by atomic mass is 10.1. The molecule has 0 aromatic heterocycles. The summed E-state index contributed by atoms with van der Waals surface area (Å²) < 4.78 is 0. The summed E-state index contributed by atoms with van der Waals surface area (Å²) in [5, 5.41) is 9.74. The van der Waals surface area contributed by atoms with E-state index in [4.69, 9.17) is 0 Å². The first-order valence-corrected chi connectivity index (χ1v) is 5.10. The molecule has 1 rings (SSSR count). The first kappa shape index (κ1) is 11.1. The summed E-state index contributed by atoms with van der Waals surface area (Å²) in [7, 11) is 4.02. The van der Waals surface area contributed by atoms with Crippen LogP contribution in [0, 0.1) is 0 Å². The van der Waals surface area contributed by atoms with E-state index < -0.39 is 0 Å². The van der Waals surface area contributed by atoms with Crippen LogP contribution in [-0.2, 0) is 0 Å². The summed E-state index contributed by atoms with van der Waals surface area (Å²) in [4.78, 5) is 2.05. The minimum atomic E-state index is -0.309. The first-order valence-electron chi connectivity index (χ1n) is 5.10. The van der Waals surface area contributed by atoms with Gasteiger partial charge in [-0.15, -0.1) is 0 Å². The molecule has 0 aliphatic rings. The number of anilines is 1. The van der Waals surface area contributed by atoms with Crippen LogP contribution in [-0.4, -0.2) is 19.2 Å². The van der Waals surface area contributed by atoms with Crippen molar-refractivity contribution < 1.29 is 5.11 Å². The second-order valence-electron chi connectivity index (χ2n) is 3.79. The Morgan fingerprint density at radius 2 is 1.79 bits per heavy atom. The van der Waals surface area contributed by atoms with Crippen LogP contribution in [0.15, 0.2) is 24.3 Å². The van der Waals surface area contributed by atoms with Crippen LogP contribution in [0.1, 0.15) is 31.4 Å². The second-order valence-corrected chi connectivity index (χ2v) is 3.79. The van der Waals surface area contributed by atoms with Crippen LogP contribution in [0.4, 0.5) is 5.69 Å². The van der Waals surface area contributed by atoms with E-state index in [1.54, 1.807) is 0 Å². The quantitative estimate of drug-likeness (QED) is 0.794. The van der Waals surface area contributed by atoms with Gasteiger partial charge in [0.1, 0.15) is 0 Å². The standard InChI is InChI=1S/C12H19NO/c1-4-5-12(14)10-6-8-11(9-7-10)13(2)3/h6-9,12,14H,4-5H2,1-3H3/t12-/m1/s1. The van der Waals surface area contributed by atoms with Crippen molar-refractivity contribution in [3.8, 4) is 0 Å². The number of benzene rings is 1. The monoisotopic (exact) mass is 193 g/mol. The molecule has 0 heterocycles. The molecule has 14 heavy (non-hydrogen) atoms. The lowest BCUT2D eigenvalue weighted by Gasteiger charge is -2.14. The fourth-order valence-corrected chi connectivity index (χ4v) is 1.43. The molecule has 1 N–H and O–H groups in total. The van der Waals surface area contributed by atoms with Crippen molar-refractivity contribution in [2.75, 3.05) is 19.0 Å². The largest absolute Gasteiger partial charge is 0.388 e. The third kappa shape index (κ3) is 2.74. The van der Waals surface area contributed by atoms with E-state index in [9.17, 15) is 5.11 Å². The van der Waals surface area contributed by atoms with Crippen molar-refractivity contribution in [3.63, 3.8) is 0 Å². The zero-order chi connectivity index (χ0) is 10.6. The van der Waals surface area contributed by atoms with Crippen LogP contribution >= 0.6 is 0 Å². The number of nitrogens with zero attached hydrogens (tertiary/aromatic N) is 1. The topological polar surface area (TPSA) is 23.5 Å². The SMILES string of the molecule is CCC[C@@H](O)c1ccc(N(C)C)cc1. The smallest absolute Gasteiger partial charge is 0.0790 e. The van der Waals surface area contributed by atoms with E-state index in [0.29, 0.717) is 0 Å². The van der Waals surface area contributed by atoms with Gasteiger partial charge in [-0.1, -0.05) is 25.5 Å². The molecule has 0 radical (unpaired) electrons. The van der Waals surface area contributed by atoms with Crippen LogP contribution < -0.4 is 4.90 Å². The van der Waals surface area contributed by atoms with Crippen molar-refractivity contribution in [2.45, 2.75) is 25.9 Å². The Morgan fingerprint density at radius 3 is 2.21 bits per heavy atom. The lowest BCUT2D eigenvalue weighted by Crippen LogP contribution is -2.08. The maximum Gasteiger partial charge on any atom is 0.0790 e. The fourth-order valence-electron chi connectivity index (χ4n) is 1.43. The molecule has 1 atom stereocenters.